The molecule has 0 aliphatic heterocycles. The Morgan fingerprint density at radius 1 is 1.04 bits per heavy atom. The number of carbonyl (C=O) groups is 1. The molecule has 4 rings (SSSR count). The number of hydrogen-bond donors (Lipinski definition) is 0. The van der Waals surface area contributed by atoms with Gasteiger partial charge in [0.25, 0.3) is 0 Å². The SMILES string of the molecule is O=C(C1CCCC1)N(Cc1cc2ccccc2nc1Cl)C1CCCCC1. The van der Waals surface area contributed by atoms with Crippen molar-refractivity contribution < 1.29 is 4.79 Å². The zero-order chi connectivity index (χ0) is 17.9. The summed E-state index contributed by atoms with van der Waals surface area (Å²) in [6.45, 7) is 0.594. The van der Waals surface area contributed by atoms with E-state index in [2.05, 4.69) is 22.0 Å². The van der Waals surface area contributed by atoms with Crippen LogP contribution in [0.5, 0.6) is 0 Å². The van der Waals surface area contributed by atoms with Crippen LogP contribution in [0, 0.1) is 5.92 Å². The average Bonchev–Trinajstić information content (AvgIpc) is 3.21. The number of nitrogens with zero attached hydrogens (tertiary/aromatic N) is 2. The number of fused-ring (bicyclic) bond motifs is 1. The van der Waals surface area contributed by atoms with Crippen LogP contribution in [-0.2, 0) is 11.3 Å². The molecular formula is C22H27ClN2O. The number of aromatic nitrogens is 1. The fourth-order valence-corrected chi connectivity index (χ4v) is 4.82. The molecule has 1 heterocycles. The average molecular weight is 371 g/mol. The molecule has 0 N–H and O–H groups in total. The maximum absolute atomic E-state index is 13.3. The van der Waals surface area contributed by atoms with E-state index in [0.29, 0.717) is 23.6 Å². The highest BCUT2D eigenvalue weighted by molar-refractivity contribution is 6.30. The molecule has 2 aliphatic carbocycles. The molecule has 2 fully saturated rings. The van der Waals surface area contributed by atoms with Crippen molar-refractivity contribution in [3.8, 4) is 0 Å². The van der Waals surface area contributed by atoms with Crippen molar-refractivity contribution in [3.05, 3.63) is 41.0 Å². The van der Waals surface area contributed by atoms with Crippen LogP contribution in [0.3, 0.4) is 0 Å². The molecule has 138 valence electrons. The van der Waals surface area contributed by atoms with Gasteiger partial charge in [0.05, 0.1) is 5.52 Å². The summed E-state index contributed by atoms with van der Waals surface area (Å²) in [6, 6.07) is 10.5. The Labute approximate surface area is 160 Å². The molecule has 1 amide bonds. The van der Waals surface area contributed by atoms with Crippen molar-refractivity contribution >= 4 is 28.4 Å². The van der Waals surface area contributed by atoms with Gasteiger partial charge in [-0.05, 0) is 37.8 Å². The minimum Gasteiger partial charge on any atom is -0.335 e. The van der Waals surface area contributed by atoms with E-state index >= 15 is 0 Å². The van der Waals surface area contributed by atoms with Gasteiger partial charge in [-0.1, -0.05) is 61.9 Å². The fraction of sp³-hybridized carbons (Fsp3) is 0.545. The van der Waals surface area contributed by atoms with Crippen molar-refractivity contribution in [2.75, 3.05) is 0 Å². The van der Waals surface area contributed by atoms with Gasteiger partial charge in [-0.2, -0.15) is 0 Å². The zero-order valence-corrected chi connectivity index (χ0v) is 16.0. The molecule has 1 aromatic carbocycles. The first-order valence-electron chi connectivity index (χ1n) is 10.1. The van der Waals surface area contributed by atoms with E-state index in [1.54, 1.807) is 0 Å². The van der Waals surface area contributed by atoms with Crippen molar-refractivity contribution in [2.45, 2.75) is 70.4 Å². The molecule has 1 aromatic heterocycles. The molecule has 3 nitrogen and oxygen atoms in total. The third kappa shape index (κ3) is 3.73. The molecule has 0 spiro atoms. The van der Waals surface area contributed by atoms with Gasteiger partial charge < -0.3 is 4.90 Å². The molecule has 2 saturated carbocycles. The first-order chi connectivity index (χ1) is 12.7. The first kappa shape index (κ1) is 17.8. The lowest BCUT2D eigenvalue weighted by Gasteiger charge is -2.36. The Kier molecular flexibility index (Phi) is 5.44. The van der Waals surface area contributed by atoms with Gasteiger partial charge in [0.1, 0.15) is 5.15 Å². The highest BCUT2D eigenvalue weighted by atomic mass is 35.5. The molecule has 0 bridgehead atoms. The predicted molar refractivity (Wildman–Crippen MR) is 106 cm³/mol. The molecular weight excluding hydrogens is 344 g/mol. The van der Waals surface area contributed by atoms with Gasteiger partial charge in [-0.3, -0.25) is 4.79 Å². The third-order valence-electron chi connectivity index (χ3n) is 6.09. The Balaban J connectivity index is 1.63. The summed E-state index contributed by atoms with van der Waals surface area (Å²) in [4.78, 5) is 20.0. The molecule has 2 aliphatic rings. The highest BCUT2D eigenvalue weighted by Crippen LogP contribution is 2.32. The number of benzene rings is 1. The van der Waals surface area contributed by atoms with E-state index in [1.165, 1.54) is 32.1 Å². The summed E-state index contributed by atoms with van der Waals surface area (Å²) in [7, 11) is 0. The number of amides is 1. The first-order valence-corrected chi connectivity index (χ1v) is 10.4. The summed E-state index contributed by atoms with van der Waals surface area (Å²) in [6.07, 6.45) is 10.5. The summed E-state index contributed by atoms with van der Waals surface area (Å²) in [5, 5.41) is 1.62. The number of carbonyl (C=O) groups excluding carboxylic acids is 1. The fourth-order valence-electron chi connectivity index (χ4n) is 4.62. The van der Waals surface area contributed by atoms with Crippen LogP contribution in [-0.4, -0.2) is 21.8 Å². The predicted octanol–water partition coefficient (Wildman–Crippen LogP) is 5.74. The Morgan fingerprint density at radius 3 is 2.50 bits per heavy atom. The van der Waals surface area contributed by atoms with Crippen molar-refractivity contribution in [1.29, 1.82) is 0 Å². The van der Waals surface area contributed by atoms with Gasteiger partial charge in [0.2, 0.25) is 5.91 Å². The van der Waals surface area contributed by atoms with Crippen LogP contribution in [0.2, 0.25) is 5.15 Å². The Hall–Kier alpha value is -1.61. The van der Waals surface area contributed by atoms with E-state index in [0.717, 1.165) is 42.1 Å². The van der Waals surface area contributed by atoms with Crippen LogP contribution >= 0.6 is 11.6 Å². The monoisotopic (exact) mass is 370 g/mol. The number of hydrogen-bond acceptors (Lipinski definition) is 2. The summed E-state index contributed by atoms with van der Waals surface area (Å²) >= 11 is 6.50. The number of rotatable bonds is 4. The maximum atomic E-state index is 13.3. The van der Waals surface area contributed by atoms with Gasteiger partial charge in [0.15, 0.2) is 0 Å². The number of halogens is 1. The molecule has 2 aromatic rings. The molecule has 0 radical (unpaired) electrons. The lowest BCUT2D eigenvalue weighted by Crippen LogP contribution is -2.43. The van der Waals surface area contributed by atoms with Crippen molar-refractivity contribution in [1.82, 2.24) is 9.88 Å². The molecule has 0 atom stereocenters. The van der Waals surface area contributed by atoms with E-state index < -0.39 is 0 Å². The standard InChI is InChI=1S/C22H27ClN2O/c23-21-18(14-17-10-6-7-13-20(17)24-21)15-25(19-11-2-1-3-12-19)22(26)16-8-4-5-9-16/h6-7,10,13-14,16,19H,1-5,8-9,11-12,15H2. The minimum absolute atomic E-state index is 0.212. The van der Waals surface area contributed by atoms with Crippen molar-refractivity contribution in [2.24, 2.45) is 5.92 Å². The van der Waals surface area contributed by atoms with Gasteiger partial charge in [0, 0.05) is 29.5 Å². The van der Waals surface area contributed by atoms with Crippen LogP contribution in [0.1, 0.15) is 63.4 Å². The van der Waals surface area contributed by atoms with E-state index in [9.17, 15) is 4.79 Å². The second kappa shape index (κ2) is 7.96. The second-order valence-corrected chi connectivity index (χ2v) is 8.23. The topological polar surface area (TPSA) is 33.2 Å². The lowest BCUT2D eigenvalue weighted by atomic mass is 9.92. The molecule has 0 saturated heterocycles. The Morgan fingerprint density at radius 2 is 1.73 bits per heavy atom. The quantitative estimate of drug-likeness (QED) is 0.643. The minimum atomic E-state index is 0.212. The van der Waals surface area contributed by atoms with Gasteiger partial charge in [-0.25, -0.2) is 4.98 Å². The molecule has 0 unspecified atom stereocenters. The van der Waals surface area contributed by atoms with E-state index in [4.69, 9.17) is 11.6 Å². The largest absolute Gasteiger partial charge is 0.335 e. The summed E-state index contributed by atoms with van der Waals surface area (Å²) in [5.41, 5.74) is 1.88. The van der Waals surface area contributed by atoms with Crippen LogP contribution < -0.4 is 0 Å². The summed E-state index contributed by atoms with van der Waals surface area (Å²) < 4.78 is 0. The third-order valence-corrected chi connectivity index (χ3v) is 6.42. The normalized spacial score (nSPS) is 19.1. The number of pyridine rings is 1. The number of para-hydroxylation sites is 1. The van der Waals surface area contributed by atoms with E-state index in [-0.39, 0.29) is 5.92 Å². The second-order valence-electron chi connectivity index (χ2n) is 7.87. The van der Waals surface area contributed by atoms with Crippen LogP contribution in [0.25, 0.3) is 10.9 Å². The lowest BCUT2D eigenvalue weighted by molar-refractivity contribution is -0.139. The summed E-state index contributed by atoms with van der Waals surface area (Å²) in [5.74, 6) is 0.558. The molecule has 4 heteroatoms. The van der Waals surface area contributed by atoms with Crippen LogP contribution in [0.15, 0.2) is 30.3 Å². The maximum Gasteiger partial charge on any atom is 0.226 e. The highest BCUT2D eigenvalue weighted by Gasteiger charge is 2.32. The Bertz CT molecular complexity index is 779. The van der Waals surface area contributed by atoms with E-state index in [1.807, 2.05) is 18.2 Å². The smallest absolute Gasteiger partial charge is 0.226 e. The van der Waals surface area contributed by atoms with Crippen LogP contribution in [0.4, 0.5) is 0 Å². The zero-order valence-electron chi connectivity index (χ0n) is 15.3. The van der Waals surface area contributed by atoms with Gasteiger partial charge in [-0.15, -0.1) is 0 Å². The molecule has 26 heavy (non-hydrogen) atoms. The van der Waals surface area contributed by atoms with Gasteiger partial charge >= 0.3 is 0 Å². The van der Waals surface area contributed by atoms with Crippen molar-refractivity contribution in [3.63, 3.8) is 0 Å².